The van der Waals surface area contributed by atoms with Gasteiger partial charge in [0.15, 0.2) is 0 Å². The number of carbonyl (C=O) groups excluding carboxylic acids is 2. The van der Waals surface area contributed by atoms with Gasteiger partial charge < -0.3 is 20.3 Å². The maximum atomic E-state index is 13.2. The molecule has 0 aliphatic heterocycles. The van der Waals surface area contributed by atoms with Crippen LogP contribution in [0, 0.1) is 0 Å². The second-order valence-electron chi connectivity index (χ2n) is 18.1. The summed E-state index contributed by atoms with van der Waals surface area (Å²) < 4.78 is 5.91. The van der Waals surface area contributed by atoms with E-state index in [0.717, 1.165) is 57.8 Å². The van der Waals surface area contributed by atoms with Crippen molar-refractivity contribution >= 4 is 11.9 Å². The SMILES string of the molecule is CC\C=C/C=C/C=C/C=C\C=C\C=C\CCCC(CC(=O)NC(CO)C(O)CCCCCCCCCCCCCC)OC(=O)CCCCCCCCCCCCCCCCCCC. The molecule has 0 fully saturated rings. The predicted octanol–water partition coefficient (Wildman–Crippen LogP) is 16.2. The summed E-state index contributed by atoms with van der Waals surface area (Å²) in [7, 11) is 0. The molecule has 3 N–H and O–H groups in total. The van der Waals surface area contributed by atoms with Gasteiger partial charge in [-0.05, 0) is 38.5 Å². The first-order chi connectivity index (χ1) is 31.0. The van der Waals surface area contributed by atoms with Gasteiger partial charge in [-0.3, -0.25) is 9.59 Å². The van der Waals surface area contributed by atoms with Crippen LogP contribution < -0.4 is 5.32 Å². The van der Waals surface area contributed by atoms with Gasteiger partial charge in [-0.15, -0.1) is 0 Å². The molecule has 3 unspecified atom stereocenters. The summed E-state index contributed by atoms with van der Waals surface area (Å²) in [5, 5.41) is 23.7. The minimum absolute atomic E-state index is 0.0264. The van der Waals surface area contributed by atoms with Crippen molar-refractivity contribution in [2.24, 2.45) is 0 Å². The Morgan fingerprint density at radius 2 is 0.857 bits per heavy atom. The molecular weight excluding hydrogens is 779 g/mol. The summed E-state index contributed by atoms with van der Waals surface area (Å²) in [5.41, 5.74) is 0. The third-order valence-electron chi connectivity index (χ3n) is 12.0. The lowest BCUT2D eigenvalue weighted by atomic mass is 10.0. The molecule has 0 aromatic rings. The van der Waals surface area contributed by atoms with Crippen LogP contribution in [-0.4, -0.2) is 46.9 Å². The number of unbranched alkanes of at least 4 members (excludes halogenated alkanes) is 28. The van der Waals surface area contributed by atoms with E-state index in [1.165, 1.54) is 148 Å². The van der Waals surface area contributed by atoms with E-state index in [2.05, 4.69) is 38.2 Å². The standard InChI is InChI=1S/C57H101NO5/c1-4-7-10-13-16-19-22-25-27-28-30-32-35-38-41-44-47-50-57(62)63-53(48-45-42-39-36-33-31-29-26-23-20-17-14-11-8-5-2)51-56(61)58-54(52-59)55(60)49-46-43-40-37-34-24-21-18-15-12-9-6-3/h8,11,14,17,20,23,26,29,31,33,36,39,53-55,59-60H,4-7,9-10,12-13,15-16,18-19,21-22,24-25,27-28,30,32,34-35,37-38,40-52H2,1-3H3,(H,58,61)/b11-8-,17-14+,23-20+,29-26-,33-31+,39-36+. The molecule has 6 heteroatoms. The van der Waals surface area contributed by atoms with E-state index in [4.69, 9.17) is 4.74 Å². The lowest BCUT2D eigenvalue weighted by Crippen LogP contribution is -2.46. The molecule has 0 aromatic heterocycles. The Hall–Kier alpha value is -2.70. The van der Waals surface area contributed by atoms with Crippen LogP contribution in [-0.2, 0) is 14.3 Å². The Labute approximate surface area is 390 Å². The Balaban J connectivity index is 4.68. The van der Waals surface area contributed by atoms with Crippen molar-refractivity contribution in [2.75, 3.05) is 6.61 Å². The molecule has 0 rings (SSSR count). The van der Waals surface area contributed by atoms with Gasteiger partial charge >= 0.3 is 5.97 Å². The molecule has 6 nitrogen and oxygen atoms in total. The van der Waals surface area contributed by atoms with Crippen molar-refractivity contribution in [3.63, 3.8) is 0 Å². The summed E-state index contributed by atoms with van der Waals surface area (Å²) in [6.45, 7) is 6.32. The molecule has 0 spiro atoms. The Kier molecular flexibility index (Phi) is 48.1. The molecule has 0 bridgehead atoms. The second kappa shape index (κ2) is 50.3. The van der Waals surface area contributed by atoms with Gasteiger partial charge in [0.05, 0.1) is 25.2 Å². The number of rotatable bonds is 47. The normalized spacial score (nSPS) is 13.8. The van der Waals surface area contributed by atoms with E-state index in [1.807, 2.05) is 60.8 Å². The highest BCUT2D eigenvalue weighted by Gasteiger charge is 2.24. The van der Waals surface area contributed by atoms with Gasteiger partial charge in [0.1, 0.15) is 6.10 Å². The molecule has 0 aromatic carbocycles. The number of allylic oxidation sites excluding steroid dienone is 12. The van der Waals surface area contributed by atoms with Crippen molar-refractivity contribution in [1.82, 2.24) is 5.32 Å². The van der Waals surface area contributed by atoms with E-state index in [-0.39, 0.29) is 24.9 Å². The van der Waals surface area contributed by atoms with Crippen LogP contribution in [0.3, 0.4) is 0 Å². The second-order valence-corrected chi connectivity index (χ2v) is 18.1. The maximum Gasteiger partial charge on any atom is 0.306 e. The third-order valence-corrected chi connectivity index (χ3v) is 12.0. The zero-order valence-electron chi connectivity index (χ0n) is 41.4. The number of aliphatic hydroxyl groups is 2. The van der Waals surface area contributed by atoms with Crippen molar-refractivity contribution in [1.29, 1.82) is 0 Å². The summed E-state index contributed by atoms with van der Waals surface area (Å²) in [6, 6.07) is -0.727. The topological polar surface area (TPSA) is 95.9 Å². The number of nitrogens with one attached hydrogen (secondary N) is 1. The third kappa shape index (κ3) is 45.7. The lowest BCUT2D eigenvalue weighted by molar-refractivity contribution is -0.151. The summed E-state index contributed by atoms with van der Waals surface area (Å²) in [6.07, 6.45) is 64.0. The summed E-state index contributed by atoms with van der Waals surface area (Å²) in [4.78, 5) is 26.2. The van der Waals surface area contributed by atoms with Crippen LogP contribution in [0.1, 0.15) is 252 Å². The number of carbonyl (C=O) groups is 2. The maximum absolute atomic E-state index is 13.2. The van der Waals surface area contributed by atoms with Crippen molar-refractivity contribution in [3.05, 3.63) is 72.9 Å². The summed E-state index contributed by atoms with van der Waals surface area (Å²) in [5.74, 6) is -0.544. The van der Waals surface area contributed by atoms with Gasteiger partial charge in [-0.25, -0.2) is 0 Å². The molecule has 1 amide bonds. The van der Waals surface area contributed by atoms with Crippen LogP contribution in [0.2, 0.25) is 0 Å². The molecule has 63 heavy (non-hydrogen) atoms. The fourth-order valence-corrected chi connectivity index (χ4v) is 7.94. The fourth-order valence-electron chi connectivity index (χ4n) is 7.94. The molecule has 364 valence electrons. The molecule has 0 aliphatic rings. The van der Waals surface area contributed by atoms with Gasteiger partial charge in [0, 0.05) is 6.42 Å². The Morgan fingerprint density at radius 1 is 0.476 bits per heavy atom. The molecule has 3 atom stereocenters. The summed E-state index contributed by atoms with van der Waals surface area (Å²) >= 11 is 0. The first-order valence-corrected chi connectivity index (χ1v) is 26.7. The highest BCUT2D eigenvalue weighted by Crippen LogP contribution is 2.18. The van der Waals surface area contributed by atoms with Crippen LogP contribution in [0.4, 0.5) is 0 Å². The highest BCUT2D eigenvalue weighted by molar-refractivity contribution is 5.77. The lowest BCUT2D eigenvalue weighted by Gasteiger charge is -2.24. The molecule has 0 aliphatic carbocycles. The van der Waals surface area contributed by atoms with Crippen molar-refractivity contribution < 1.29 is 24.5 Å². The molecule has 0 saturated heterocycles. The van der Waals surface area contributed by atoms with Gasteiger partial charge in [0.25, 0.3) is 0 Å². The first-order valence-electron chi connectivity index (χ1n) is 26.7. The molecule has 0 radical (unpaired) electrons. The van der Waals surface area contributed by atoms with Gasteiger partial charge in [0.2, 0.25) is 5.91 Å². The minimum Gasteiger partial charge on any atom is -0.462 e. The molecule has 0 saturated carbocycles. The van der Waals surface area contributed by atoms with E-state index in [0.29, 0.717) is 19.3 Å². The van der Waals surface area contributed by atoms with Crippen LogP contribution in [0.25, 0.3) is 0 Å². The Morgan fingerprint density at radius 3 is 1.27 bits per heavy atom. The van der Waals surface area contributed by atoms with Crippen LogP contribution in [0.5, 0.6) is 0 Å². The number of amides is 1. The van der Waals surface area contributed by atoms with Gasteiger partial charge in [-0.1, -0.05) is 273 Å². The smallest absolute Gasteiger partial charge is 0.306 e. The minimum atomic E-state index is -0.809. The Bertz CT molecular complexity index is 1170. The van der Waals surface area contributed by atoms with Crippen molar-refractivity contribution in [3.8, 4) is 0 Å². The number of esters is 1. The quantitative estimate of drug-likeness (QED) is 0.0321. The van der Waals surface area contributed by atoms with E-state index < -0.39 is 18.2 Å². The van der Waals surface area contributed by atoms with Crippen molar-refractivity contribution in [2.45, 2.75) is 270 Å². The monoisotopic (exact) mass is 880 g/mol. The number of aliphatic hydroxyl groups excluding tert-OH is 2. The number of ether oxygens (including phenoxy) is 1. The van der Waals surface area contributed by atoms with Gasteiger partial charge in [-0.2, -0.15) is 0 Å². The molecular formula is C57H101NO5. The average Bonchev–Trinajstić information content (AvgIpc) is 3.28. The number of hydrogen-bond donors (Lipinski definition) is 3. The van der Waals surface area contributed by atoms with E-state index >= 15 is 0 Å². The predicted molar refractivity (Wildman–Crippen MR) is 273 cm³/mol. The highest BCUT2D eigenvalue weighted by atomic mass is 16.5. The zero-order chi connectivity index (χ0) is 45.9. The van der Waals surface area contributed by atoms with E-state index in [9.17, 15) is 19.8 Å². The van der Waals surface area contributed by atoms with E-state index in [1.54, 1.807) is 0 Å². The van der Waals surface area contributed by atoms with Crippen LogP contribution >= 0.6 is 0 Å². The fraction of sp³-hybridized carbons (Fsp3) is 0.754. The largest absolute Gasteiger partial charge is 0.462 e. The molecule has 0 heterocycles. The average molecular weight is 880 g/mol. The van der Waals surface area contributed by atoms with Crippen LogP contribution in [0.15, 0.2) is 72.9 Å². The number of hydrogen-bond acceptors (Lipinski definition) is 5. The first kappa shape index (κ1) is 60.3. The zero-order valence-corrected chi connectivity index (χ0v) is 41.4.